The zero-order valence-corrected chi connectivity index (χ0v) is 15.8. The third-order valence-electron chi connectivity index (χ3n) is 3.17. The first-order valence-electron chi connectivity index (χ1n) is 7.18. The van der Waals surface area contributed by atoms with E-state index in [1.54, 1.807) is 17.3 Å². The van der Waals surface area contributed by atoms with Crippen molar-refractivity contribution >= 4 is 52.4 Å². The van der Waals surface area contributed by atoms with Crippen LogP contribution < -0.4 is 4.74 Å². The van der Waals surface area contributed by atoms with Gasteiger partial charge in [0.05, 0.1) is 21.6 Å². The van der Waals surface area contributed by atoms with Crippen LogP contribution >= 0.6 is 46.4 Å². The average molecular weight is 411 g/mol. The number of carbonyl (C=O) groups excluding carboxylic acids is 1. The molecule has 0 unspecified atom stereocenters. The molecule has 0 fully saturated rings. The Labute approximate surface area is 160 Å². The third-order valence-corrected chi connectivity index (χ3v) is 4.69. The van der Waals surface area contributed by atoms with Gasteiger partial charge in [0.2, 0.25) is 0 Å². The number of amides is 1. The van der Waals surface area contributed by atoms with Gasteiger partial charge in [0.1, 0.15) is 18.0 Å². The molecule has 5 nitrogen and oxygen atoms in total. The van der Waals surface area contributed by atoms with Crippen molar-refractivity contribution in [3.8, 4) is 5.75 Å². The Kier molecular flexibility index (Phi) is 7.04. The van der Waals surface area contributed by atoms with Crippen molar-refractivity contribution in [3.05, 3.63) is 44.9 Å². The second-order valence-corrected chi connectivity index (χ2v) is 6.46. The van der Waals surface area contributed by atoms with Gasteiger partial charge in [-0.05, 0) is 12.5 Å². The molecule has 24 heavy (non-hydrogen) atoms. The predicted octanol–water partition coefficient (Wildman–Crippen LogP) is 5.26. The lowest BCUT2D eigenvalue weighted by Gasteiger charge is -2.22. The maximum absolute atomic E-state index is 12.4. The molecule has 0 N–H and O–H groups in total. The summed E-state index contributed by atoms with van der Waals surface area (Å²) in [6.07, 6.45) is 5.42. The number of rotatable bonds is 6. The smallest absolute Gasteiger partial charge is 0.329 e. The van der Waals surface area contributed by atoms with Crippen LogP contribution in [0.15, 0.2) is 24.8 Å². The Hall–Kier alpha value is -1.14. The van der Waals surface area contributed by atoms with Crippen LogP contribution in [0, 0.1) is 0 Å². The minimum Gasteiger partial charge on any atom is -0.489 e. The normalized spacial score (nSPS) is 10.7. The Morgan fingerprint density at radius 3 is 2.58 bits per heavy atom. The van der Waals surface area contributed by atoms with Crippen LogP contribution in [-0.2, 0) is 0 Å². The van der Waals surface area contributed by atoms with E-state index < -0.39 is 0 Å². The monoisotopic (exact) mass is 409 g/mol. The van der Waals surface area contributed by atoms with Gasteiger partial charge in [-0.2, -0.15) is 0 Å². The van der Waals surface area contributed by atoms with E-state index in [-0.39, 0.29) is 38.5 Å². The third kappa shape index (κ3) is 4.48. The van der Waals surface area contributed by atoms with Gasteiger partial charge >= 0.3 is 6.03 Å². The SMILES string of the molecule is CCCN(CCOc1c(Cl)cc(Cl)c(Cl)c1Cl)C(=O)n1ccnc1. The molecule has 130 valence electrons. The lowest BCUT2D eigenvalue weighted by atomic mass is 10.3. The summed E-state index contributed by atoms with van der Waals surface area (Å²) in [5.74, 6) is 0.249. The molecule has 0 spiro atoms. The number of hydrogen-bond donors (Lipinski definition) is 0. The van der Waals surface area contributed by atoms with E-state index in [1.807, 2.05) is 6.92 Å². The van der Waals surface area contributed by atoms with Crippen molar-refractivity contribution in [1.82, 2.24) is 14.5 Å². The molecule has 0 aliphatic carbocycles. The number of benzene rings is 1. The highest BCUT2D eigenvalue weighted by Crippen LogP contribution is 2.42. The summed E-state index contributed by atoms with van der Waals surface area (Å²) >= 11 is 24.1. The molecule has 1 heterocycles. The molecule has 9 heteroatoms. The molecule has 0 bridgehead atoms. The van der Waals surface area contributed by atoms with Crippen LogP contribution in [0.5, 0.6) is 5.75 Å². The van der Waals surface area contributed by atoms with Crippen LogP contribution in [0.4, 0.5) is 4.79 Å². The number of aromatic nitrogens is 2. The number of imidazole rings is 1. The lowest BCUT2D eigenvalue weighted by Crippen LogP contribution is -2.37. The summed E-state index contributed by atoms with van der Waals surface area (Å²) in [5.41, 5.74) is 0. The molecule has 1 aromatic carbocycles. The van der Waals surface area contributed by atoms with Crippen LogP contribution in [0.2, 0.25) is 20.1 Å². The molecule has 0 saturated carbocycles. The highest BCUT2D eigenvalue weighted by molar-refractivity contribution is 6.50. The fourth-order valence-corrected chi connectivity index (χ4v) is 3.06. The standard InChI is InChI=1S/C15H15Cl4N3O2/c1-2-4-21(15(23)22-5-3-20-9-22)6-7-24-14-11(17)8-10(16)12(18)13(14)19/h3,5,8-9H,2,4,6-7H2,1H3. The van der Waals surface area contributed by atoms with Gasteiger partial charge in [-0.15, -0.1) is 0 Å². The Morgan fingerprint density at radius 2 is 1.96 bits per heavy atom. The van der Waals surface area contributed by atoms with Gasteiger partial charge < -0.3 is 9.64 Å². The fourth-order valence-electron chi connectivity index (χ4n) is 2.05. The summed E-state index contributed by atoms with van der Waals surface area (Å²) in [6.45, 7) is 3.14. The van der Waals surface area contributed by atoms with Crippen LogP contribution in [0.3, 0.4) is 0 Å². The summed E-state index contributed by atoms with van der Waals surface area (Å²) < 4.78 is 7.03. The van der Waals surface area contributed by atoms with Gasteiger partial charge in [0.15, 0.2) is 5.75 Å². The van der Waals surface area contributed by atoms with Gasteiger partial charge in [-0.25, -0.2) is 9.78 Å². The predicted molar refractivity (Wildman–Crippen MR) is 96.9 cm³/mol. The molecular weight excluding hydrogens is 396 g/mol. The van der Waals surface area contributed by atoms with Crippen molar-refractivity contribution < 1.29 is 9.53 Å². The Balaban J connectivity index is 2.03. The molecule has 2 aromatic rings. The van der Waals surface area contributed by atoms with Gasteiger partial charge in [0, 0.05) is 18.9 Å². The average Bonchev–Trinajstić information content (AvgIpc) is 3.08. The second-order valence-electron chi connectivity index (χ2n) is 4.89. The Morgan fingerprint density at radius 1 is 1.21 bits per heavy atom. The number of halogens is 4. The lowest BCUT2D eigenvalue weighted by molar-refractivity contribution is 0.184. The molecule has 1 amide bonds. The second kappa shape index (κ2) is 8.81. The van der Waals surface area contributed by atoms with E-state index in [2.05, 4.69) is 4.98 Å². The molecule has 0 saturated heterocycles. The van der Waals surface area contributed by atoms with Gasteiger partial charge in [0.25, 0.3) is 0 Å². The van der Waals surface area contributed by atoms with Gasteiger partial charge in [-0.1, -0.05) is 53.3 Å². The molecule has 2 rings (SSSR count). The molecule has 0 aliphatic rings. The molecule has 1 aromatic heterocycles. The van der Waals surface area contributed by atoms with Crippen LogP contribution in [-0.4, -0.2) is 40.2 Å². The molecule has 0 radical (unpaired) electrons. The quantitative estimate of drug-likeness (QED) is 0.482. The fraction of sp³-hybridized carbons (Fsp3) is 0.333. The number of nitrogens with zero attached hydrogens (tertiary/aromatic N) is 3. The first-order chi connectivity index (χ1) is 11.5. The highest BCUT2D eigenvalue weighted by atomic mass is 35.5. The number of carbonyl (C=O) groups is 1. The molecular formula is C15H15Cl4N3O2. The Bertz CT molecular complexity index is 707. The minimum atomic E-state index is -0.177. The van der Waals surface area contributed by atoms with E-state index in [0.29, 0.717) is 13.1 Å². The first-order valence-corrected chi connectivity index (χ1v) is 8.69. The number of ether oxygens (including phenoxy) is 1. The van der Waals surface area contributed by atoms with E-state index in [0.717, 1.165) is 6.42 Å². The molecule has 0 atom stereocenters. The number of hydrogen-bond acceptors (Lipinski definition) is 3. The zero-order chi connectivity index (χ0) is 17.7. The largest absolute Gasteiger partial charge is 0.489 e. The van der Waals surface area contributed by atoms with E-state index in [4.69, 9.17) is 51.1 Å². The summed E-state index contributed by atoms with van der Waals surface area (Å²) in [7, 11) is 0. The van der Waals surface area contributed by atoms with Crippen LogP contribution in [0.1, 0.15) is 13.3 Å². The van der Waals surface area contributed by atoms with E-state index >= 15 is 0 Å². The van der Waals surface area contributed by atoms with Crippen molar-refractivity contribution in [2.45, 2.75) is 13.3 Å². The highest BCUT2D eigenvalue weighted by Gasteiger charge is 2.17. The van der Waals surface area contributed by atoms with Crippen molar-refractivity contribution in [3.63, 3.8) is 0 Å². The summed E-state index contributed by atoms with van der Waals surface area (Å²) in [5, 5.41) is 0.842. The van der Waals surface area contributed by atoms with Crippen molar-refractivity contribution in [2.24, 2.45) is 0 Å². The van der Waals surface area contributed by atoms with Crippen molar-refractivity contribution in [1.29, 1.82) is 0 Å². The van der Waals surface area contributed by atoms with E-state index in [1.165, 1.54) is 17.0 Å². The first kappa shape index (κ1) is 19.2. The topological polar surface area (TPSA) is 47.4 Å². The van der Waals surface area contributed by atoms with Gasteiger partial charge in [-0.3, -0.25) is 4.57 Å². The zero-order valence-electron chi connectivity index (χ0n) is 12.8. The summed E-state index contributed by atoms with van der Waals surface area (Å²) in [4.78, 5) is 17.9. The summed E-state index contributed by atoms with van der Waals surface area (Å²) in [6, 6.07) is 1.29. The van der Waals surface area contributed by atoms with Crippen molar-refractivity contribution in [2.75, 3.05) is 19.7 Å². The van der Waals surface area contributed by atoms with Crippen LogP contribution in [0.25, 0.3) is 0 Å². The maximum atomic E-state index is 12.4. The molecule has 0 aliphatic heterocycles. The maximum Gasteiger partial charge on any atom is 0.329 e. The minimum absolute atomic E-state index is 0.150. The van der Waals surface area contributed by atoms with E-state index in [9.17, 15) is 4.79 Å².